The summed E-state index contributed by atoms with van der Waals surface area (Å²) in [6, 6.07) is 7.05. The zero-order valence-electron chi connectivity index (χ0n) is 12.5. The van der Waals surface area contributed by atoms with Gasteiger partial charge in [0.2, 0.25) is 10.0 Å². The number of nitrogens with one attached hydrogen (secondary N) is 2. The number of anilines is 1. The Morgan fingerprint density at radius 3 is 2.52 bits per heavy atom. The number of aliphatic hydroxyl groups is 1. The molecule has 0 heterocycles. The highest BCUT2D eigenvalue weighted by Gasteiger charge is 2.29. The summed E-state index contributed by atoms with van der Waals surface area (Å²) in [6.07, 6.45) is 2.41. The van der Waals surface area contributed by atoms with E-state index in [4.69, 9.17) is 5.11 Å². The number of benzene rings is 1. The third kappa shape index (κ3) is 4.43. The summed E-state index contributed by atoms with van der Waals surface area (Å²) in [5.74, 6) is 0.296. The third-order valence-electron chi connectivity index (χ3n) is 3.66. The van der Waals surface area contributed by atoms with Crippen LogP contribution in [0.25, 0.3) is 0 Å². The van der Waals surface area contributed by atoms with Gasteiger partial charge in [-0.25, -0.2) is 13.1 Å². The van der Waals surface area contributed by atoms with Gasteiger partial charge in [-0.15, -0.1) is 0 Å². The average molecular weight is 312 g/mol. The molecule has 1 fully saturated rings. The summed E-state index contributed by atoms with van der Waals surface area (Å²) in [7, 11) is -3.49. The molecular formula is C15H24N2O3S. The maximum atomic E-state index is 12.4. The summed E-state index contributed by atoms with van der Waals surface area (Å²) < 4.78 is 27.5. The van der Waals surface area contributed by atoms with Crippen molar-refractivity contribution in [1.29, 1.82) is 0 Å². The van der Waals surface area contributed by atoms with Crippen molar-refractivity contribution in [3.63, 3.8) is 0 Å². The zero-order valence-corrected chi connectivity index (χ0v) is 13.4. The highest BCUT2D eigenvalue weighted by Crippen LogP contribution is 2.27. The van der Waals surface area contributed by atoms with Gasteiger partial charge >= 0.3 is 0 Å². The first kappa shape index (κ1) is 16.3. The van der Waals surface area contributed by atoms with E-state index in [1.807, 2.05) is 19.9 Å². The number of rotatable bonds is 8. The number of hydrogen-bond donors (Lipinski definition) is 3. The van der Waals surface area contributed by atoms with Gasteiger partial charge in [-0.2, -0.15) is 0 Å². The molecule has 0 aliphatic heterocycles. The van der Waals surface area contributed by atoms with Crippen LogP contribution >= 0.6 is 0 Å². The molecule has 0 radical (unpaired) electrons. The summed E-state index contributed by atoms with van der Waals surface area (Å²) in [5.41, 5.74) is 0.595. The van der Waals surface area contributed by atoms with E-state index in [1.54, 1.807) is 18.2 Å². The largest absolute Gasteiger partial charge is 0.396 e. The van der Waals surface area contributed by atoms with Crippen LogP contribution < -0.4 is 10.0 Å². The molecule has 0 saturated heterocycles. The van der Waals surface area contributed by atoms with E-state index in [-0.39, 0.29) is 23.6 Å². The van der Waals surface area contributed by atoms with Gasteiger partial charge in [-0.3, -0.25) is 0 Å². The molecule has 0 bridgehead atoms. The molecule has 1 aromatic carbocycles. The van der Waals surface area contributed by atoms with Crippen molar-refractivity contribution in [3.05, 3.63) is 24.3 Å². The Kier molecular flexibility index (Phi) is 5.24. The standard InChI is InChI=1S/C15H24N2O3S/c1-11(2)13(9-10-18)16-14-5-3-4-6-15(14)21(19,20)17-12-7-8-12/h3-6,11-13,16-18H,7-10H2,1-2H3. The predicted octanol–water partition coefficient (Wildman–Crippen LogP) is 1.95. The van der Waals surface area contributed by atoms with Crippen LogP contribution in [0, 0.1) is 5.92 Å². The minimum Gasteiger partial charge on any atom is -0.396 e. The Hall–Kier alpha value is -1.11. The smallest absolute Gasteiger partial charge is 0.242 e. The van der Waals surface area contributed by atoms with Crippen molar-refractivity contribution in [2.75, 3.05) is 11.9 Å². The Labute approximate surface area is 126 Å². The Bertz CT molecular complexity index is 568. The van der Waals surface area contributed by atoms with E-state index in [9.17, 15) is 8.42 Å². The first-order chi connectivity index (χ1) is 9.94. The lowest BCUT2D eigenvalue weighted by atomic mass is 10.0. The molecule has 118 valence electrons. The minimum absolute atomic E-state index is 0.0345. The topological polar surface area (TPSA) is 78.4 Å². The van der Waals surface area contributed by atoms with Crippen molar-refractivity contribution in [2.45, 2.75) is 50.1 Å². The second-order valence-electron chi connectivity index (χ2n) is 5.90. The van der Waals surface area contributed by atoms with Gasteiger partial charge in [-0.05, 0) is 37.3 Å². The quantitative estimate of drug-likeness (QED) is 0.685. The molecule has 1 aliphatic rings. The SMILES string of the molecule is CC(C)C(CCO)Nc1ccccc1S(=O)(=O)NC1CC1. The van der Waals surface area contributed by atoms with E-state index < -0.39 is 10.0 Å². The van der Waals surface area contributed by atoms with Crippen molar-refractivity contribution < 1.29 is 13.5 Å². The molecule has 0 aromatic heterocycles. The molecule has 0 amide bonds. The molecule has 1 saturated carbocycles. The molecule has 1 unspecified atom stereocenters. The van der Waals surface area contributed by atoms with Gasteiger partial charge in [0.1, 0.15) is 4.90 Å². The first-order valence-electron chi connectivity index (χ1n) is 7.43. The van der Waals surface area contributed by atoms with Crippen molar-refractivity contribution in [1.82, 2.24) is 4.72 Å². The van der Waals surface area contributed by atoms with E-state index in [0.717, 1.165) is 12.8 Å². The maximum Gasteiger partial charge on any atom is 0.242 e. The lowest BCUT2D eigenvalue weighted by molar-refractivity contribution is 0.267. The van der Waals surface area contributed by atoms with Crippen molar-refractivity contribution >= 4 is 15.7 Å². The van der Waals surface area contributed by atoms with Crippen LogP contribution in [0.4, 0.5) is 5.69 Å². The van der Waals surface area contributed by atoms with Crippen molar-refractivity contribution in [2.24, 2.45) is 5.92 Å². The molecule has 1 atom stereocenters. The van der Waals surface area contributed by atoms with Crippen LogP contribution in [0.1, 0.15) is 33.1 Å². The fourth-order valence-corrected chi connectivity index (χ4v) is 3.69. The number of aliphatic hydroxyl groups excluding tert-OH is 1. The van der Waals surface area contributed by atoms with Gasteiger partial charge in [0.05, 0.1) is 5.69 Å². The van der Waals surface area contributed by atoms with E-state index in [1.165, 1.54) is 0 Å². The second-order valence-corrected chi connectivity index (χ2v) is 7.58. The van der Waals surface area contributed by atoms with Crippen LogP contribution in [0.5, 0.6) is 0 Å². The second kappa shape index (κ2) is 6.77. The number of para-hydroxylation sites is 1. The molecule has 3 N–H and O–H groups in total. The first-order valence-corrected chi connectivity index (χ1v) is 8.91. The van der Waals surface area contributed by atoms with Crippen LogP contribution in [-0.4, -0.2) is 32.2 Å². The predicted molar refractivity (Wildman–Crippen MR) is 83.7 cm³/mol. The van der Waals surface area contributed by atoms with Crippen LogP contribution in [0.15, 0.2) is 29.2 Å². The van der Waals surface area contributed by atoms with Crippen LogP contribution in [0.3, 0.4) is 0 Å². The molecule has 5 nitrogen and oxygen atoms in total. The zero-order chi connectivity index (χ0) is 15.5. The third-order valence-corrected chi connectivity index (χ3v) is 5.24. The Morgan fingerprint density at radius 1 is 1.29 bits per heavy atom. The highest BCUT2D eigenvalue weighted by molar-refractivity contribution is 7.89. The minimum atomic E-state index is -3.49. The lowest BCUT2D eigenvalue weighted by Crippen LogP contribution is -2.30. The van der Waals surface area contributed by atoms with E-state index in [2.05, 4.69) is 10.0 Å². The molecule has 21 heavy (non-hydrogen) atoms. The fraction of sp³-hybridized carbons (Fsp3) is 0.600. The summed E-state index contributed by atoms with van der Waals surface area (Å²) in [6.45, 7) is 4.17. The lowest BCUT2D eigenvalue weighted by Gasteiger charge is -2.24. The normalized spacial score (nSPS) is 17.0. The summed E-state index contributed by atoms with van der Waals surface area (Å²) in [5, 5.41) is 12.4. The Morgan fingerprint density at radius 2 is 1.95 bits per heavy atom. The van der Waals surface area contributed by atoms with Crippen molar-refractivity contribution in [3.8, 4) is 0 Å². The monoisotopic (exact) mass is 312 g/mol. The van der Waals surface area contributed by atoms with Gasteiger partial charge in [0.25, 0.3) is 0 Å². The van der Waals surface area contributed by atoms with Crippen LogP contribution in [-0.2, 0) is 10.0 Å². The summed E-state index contributed by atoms with van der Waals surface area (Å²) in [4.78, 5) is 0.278. The summed E-state index contributed by atoms with van der Waals surface area (Å²) >= 11 is 0. The van der Waals surface area contributed by atoms with E-state index >= 15 is 0 Å². The average Bonchev–Trinajstić information content (AvgIpc) is 3.22. The molecule has 0 spiro atoms. The highest BCUT2D eigenvalue weighted by atomic mass is 32.2. The van der Waals surface area contributed by atoms with E-state index in [0.29, 0.717) is 18.0 Å². The molecule has 1 aromatic rings. The van der Waals surface area contributed by atoms with Gasteiger partial charge in [-0.1, -0.05) is 26.0 Å². The van der Waals surface area contributed by atoms with Gasteiger partial charge < -0.3 is 10.4 Å². The number of hydrogen-bond acceptors (Lipinski definition) is 4. The Balaban J connectivity index is 2.23. The molecule has 6 heteroatoms. The van der Waals surface area contributed by atoms with Crippen LogP contribution in [0.2, 0.25) is 0 Å². The number of sulfonamides is 1. The fourth-order valence-electron chi connectivity index (χ4n) is 2.22. The van der Waals surface area contributed by atoms with Gasteiger partial charge in [0.15, 0.2) is 0 Å². The molecular weight excluding hydrogens is 288 g/mol. The molecule has 1 aliphatic carbocycles. The molecule has 2 rings (SSSR count). The van der Waals surface area contributed by atoms with Gasteiger partial charge in [0, 0.05) is 18.7 Å². The maximum absolute atomic E-state index is 12.4.